The zero-order chi connectivity index (χ0) is 13.7. The Balaban J connectivity index is 2.16. The van der Waals surface area contributed by atoms with Crippen molar-refractivity contribution in [2.24, 2.45) is 0 Å². The highest BCUT2D eigenvalue weighted by Gasteiger charge is 2.28. The zero-order valence-electron chi connectivity index (χ0n) is 9.89. The molecule has 19 heavy (non-hydrogen) atoms. The molecule has 0 aromatic heterocycles. The molecule has 0 aliphatic carbocycles. The molecule has 0 heterocycles. The van der Waals surface area contributed by atoms with Gasteiger partial charge in [0.1, 0.15) is 0 Å². The predicted molar refractivity (Wildman–Crippen MR) is 85.7 cm³/mol. The van der Waals surface area contributed by atoms with Crippen molar-refractivity contribution in [3.8, 4) is 0 Å². The summed E-state index contributed by atoms with van der Waals surface area (Å²) in [5.74, 6) is 0. The van der Waals surface area contributed by atoms with Crippen LogP contribution in [0.3, 0.4) is 0 Å². The summed E-state index contributed by atoms with van der Waals surface area (Å²) in [6, 6.07) is 17.9. The predicted octanol–water partition coefficient (Wildman–Crippen LogP) is 5.85. The highest BCUT2D eigenvalue weighted by atomic mass is 127. The van der Waals surface area contributed by atoms with E-state index in [1.54, 1.807) is 24.3 Å². The Labute approximate surface area is 129 Å². The summed E-state index contributed by atoms with van der Waals surface area (Å²) in [6.45, 7) is 0. The van der Waals surface area contributed by atoms with Gasteiger partial charge in [-0.1, -0.05) is 48.5 Å². The summed E-state index contributed by atoms with van der Waals surface area (Å²) in [5, 5.41) is -2.92. The van der Waals surface area contributed by atoms with E-state index in [1.807, 2.05) is 59.0 Å². The Kier molecular flexibility index (Phi) is 4.99. The number of rotatable bonds is 4. The van der Waals surface area contributed by atoms with E-state index in [0.717, 1.165) is 11.6 Å². The SMILES string of the molecule is FC(F)(/C=C(\I)c1ccccc1)Sc1ccccc1. The molecule has 0 atom stereocenters. The number of thioether (sulfide) groups is 1. The number of hydrogen-bond donors (Lipinski definition) is 0. The first-order chi connectivity index (χ1) is 9.07. The fourth-order valence-corrected chi connectivity index (χ4v) is 3.25. The average Bonchev–Trinajstić information content (AvgIpc) is 2.39. The van der Waals surface area contributed by atoms with Gasteiger partial charge >= 0.3 is 5.25 Å². The van der Waals surface area contributed by atoms with Crippen molar-refractivity contribution in [2.45, 2.75) is 10.2 Å². The molecule has 0 saturated heterocycles. The van der Waals surface area contributed by atoms with E-state index in [9.17, 15) is 8.78 Å². The van der Waals surface area contributed by atoms with Gasteiger partial charge in [0.2, 0.25) is 0 Å². The van der Waals surface area contributed by atoms with Gasteiger partial charge in [-0.3, -0.25) is 0 Å². The summed E-state index contributed by atoms with van der Waals surface area (Å²) < 4.78 is 28.4. The van der Waals surface area contributed by atoms with E-state index >= 15 is 0 Å². The van der Waals surface area contributed by atoms with Gasteiger partial charge < -0.3 is 0 Å². The van der Waals surface area contributed by atoms with E-state index in [-0.39, 0.29) is 0 Å². The smallest absolute Gasteiger partial charge is 0.189 e. The van der Waals surface area contributed by atoms with Crippen LogP contribution in [0.2, 0.25) is 0 Å². The summed E-state index contributed by atoms with van der Waals surface area (Å²) in [7, 11) is 0. The van der Waals surface area contributed by atoms with Crippen LogP contribution in [0.25, 0.3) is 3.58 Å². The third kappa shape index (κ3) is 4.62. The van der Waals surface area contributed by atoms with Gasteiger partial charge in [-0.05, 0) is 52.0 Å². The van der Waals surface area contributed by atoms with Gasteiger partial charge in [-0.25, -0.2) is 0 Å². The fourth-order valence-electron chi connectivity index (χ4n) is 1.50. The average molecular weight is 388 g/mol. The monoisotopic (exact) mass is 388 g/mol. The molecule has 0 amide bonds. The minimum atomic E-state index is -2.92. The van der Waals surface area contributed by atoms with Crippen LogP contribution in [0.5, 0.6) is 0 Å². The Morgan fingerprint density at radius 1 is 0.947 bits per heavy atom. The first-order valence-corrected chi connectivity index (χ1v) is 7.52. The van der Waals surface area contributed by atoms with Gasteiger partial charge in [-0.2, -0.15) is 8.78 Å². The lowest BCUT2D eigenvalue weighted by Crippen LogP contribution is -2.05. The first kappa shape index (κ1) is 14.5. The van der Waals surface area contributed by atoms with Gasteiger partial charge in [0.15, 0.2) is 0 Å². The second-order valence-electron chi connectivity index (χ2n) is 3.84. The maximum Gasteiger partial charge on any atom is 0.318 e. The van der Waals surface area contributed by atoms with Crippen molar-refractivity contribution in [1.82, 2.24) is 0 Å². The molecule has 0 fully saturated rings. The number of alkyl halides is 2. The van der Waals surface area contributed by atoms with Crippen molar-refractivity contribution in [3.63, 3.8) is 0 Å². The Hall–Kier alpha value is -0.880. The third-order valence-corrected chi connectivity index (χ3v) is 4.17. The molecular formula is C15H11F2IS. The summed E-state index contributed by atoms with van der Waals surface area (Å²) in [5.41, 5.74) is 0.802. The third-order valence-electron chi connectivity index (χ3n) is 2.34. The Morgan fingerprint density at radius 2 is 1.47 bits per heavy atom. The van der Waals surface area contributed by atoms with Crippen molar-refractivity contribution in [1.29, 1.82) is 0 Å². The second kappa shape index (κ2) is 6.52. The lowest BCUT2D eigenvalue weighted by Gasteiger charge is -2.12. The molecule has 2 aromatic rings. The van der Waals surface area contributed by atoms with Crippen LogP contribution in [-0.4, -0.2) is 5.25 Å². The maximum atomic E-state index is 13.9. The summed E-state index contributed by atoms with van der Waals surface area (Å²) >= 11 is 2.50. The molecule has 0 aliphatic heterocycles. The lowest BCUT2D eigenvalue weighted by molar-refractivity contribution is 0.163. The van der Waals surface area contributed by atoms with Gasteiger partial charge in [-0.15, -0.1) is 0 Å². The molecule has 0 aliphatic rings. The number of hydrogen-bond acceptors (Lipinski definition) is 1. The minimum absolute atomic E-state index is 0.548. The Bertz CT molecular complexity index is 553. The number of benzene rings is 2. The van der Waals surface area contributed by atoms with Crippen molar-refractivity contribution in [2.75, 3.05) is 0 Å². The molecule has 2 aromatic carbocycles. The normalized spacial score (nSPS) is 12.5. The zero-order valence-corrected chi connectivity index (χ0v) is 12.9. The largest absolute Gasteiger partial charge is 0.318 e. The quantitative estimate of drug-likeness (QED) is 0.468. The van der Waals surface area contributed by atoms with E-state index in [4.69, 9.17) is 0 Å². The van der Waals surface area contributed by atoms with Crippen molar-refractivity contribution in [3.05, 3.63) is 72.3 Å². The van der Waals surface area contributed by atoms with E-state index < -0.39 is 5.25 Å². The van der Waals surface area contributed by atoms with Crippen LogP contribution in [-0.2, 0) is 0 Å². The summed E-state index contributed by atoms with van der Waals surface area (Å²) in [6.07, 6.45) is 1.00. The van der Waals surface area contributed by atoms with Crippen LogP contribution >= 0.6 is 34.4 Å². The van der Waals surface area contributed by atoms with Gasteiger partial charge in [0.25, 0.3) is 0 Å². The molecule has 0 unspecified atom stereocenters. The highest BCUT2D eigenvalue weighted by Crippen LogP contribution is 2.39. The maximum absolute atomic E-state index is 13.9. The van der Waals surface area contributed by atoms with Crippen LogP contribution in [0.1, 0.15) is 5.56 Å². The van der Waals surface area contributed by atoms with E-state index in [1.165, 1.54) is 0 Å². The first-order valence-electron chi connectivity index (χ1n) is 5.62. The topological polar surface area (TPSA) is 0 Å². The molecule has 0 saturated carbocycles. The van der Waals surface area contributed by atoms with E-state index in [2.05, 4.69) is 0 Å². The standard InChI is InChI=1S/C15H11F2IS/c16-15(17,19-13-9-5-2-6-10-13)11-14(18)12-7-3-1-4-8-12/h1-11H/b14-11-. The number of halogens is 3. The van der Waals surface area contributed by atoms with Crippen LogP contribution < -0.4 is 0 Å². The molecule has 2 rings (SSSR count). The molecular weight excluding hydrogens is 377 g/mol. The fraction of sp³-hybridized carbons (Fsp3) is 0.0667. The minimum Gasteiger partial charge on any atom is -0.189 e. The molecule has 0 N–H and O–H groups in total. The Morgan fingerprint density at radius 3 is 2.05 bits per heavy atom. The van der Waals surface area contributed by atoms with Gasteiger partial charge in [0.05, 0.1) is 0 Å². The molecule has 0 bridgehead atoms. The van der Waals surface area contributed by atoms with Crippen molar-refractivity contribution >= 4 is 37.9 Å². The highest BCUT2D eigenvalue weighted by molar-refractivity contribution is 14.1. The van der Waals surface area contributed by atoms with Crippen molar-refractivity contribution < 1.29 is 8.78 Å². The van der Waals surface area contributed by atoms with Crippen LogP contribution in [0.4, 0.5) is 8.78 Å². The van der Waals surface area contributed by atoms with Crippen LogP contribution in [0, 0.1) is 0 Å². The second-order valence-corrected chi connectivity index (χ2v) is 6.22. The molecule has 0 nitrogen and oxygen atoms in total. The lowest BCUT2D eigenvalue weighted by atomic mass is 10.2. The summed E-state index contributed by atoms with van der Waals surface area (Å²) in [4.78, 5) is 0.556. The molecule has 0 radical (unpaired) electrons. The van der Waals surface area contributed by atoms with Crippen LogP contribution in [0.15, 0.2) is 71.6 Å². The molecule has 0 spiro atoms. The van der Waals surface area contributed by atoms with Gasteiger partial charge in [0, 0.05) is 14.6 Å². The molecule has 98 valence electrons. The van der Waals surface area contributed by atoms with E-state index in [0.29, 0.717) is 20.2 Å². The molecule has 4 heteroatoms.